The number of hydrogen-bond donors (Lipinski definition) is 0. The van der Waals surface area contributed by atoms with Crippen LogP contribution >= 0.6 is 0 Å². The molecule has 1 atom stereocenters. The largest absolute Gasteiger partial charge is 0.261 e. The molecule has 2 heteroatoms. The highest BCUT2D eigenvalue weighted by atomic mass is 14.7. The molecule has 0 radical (unpaired) electrons. The van der Waals surface area contributed by atoms with Gasteiger partial charge in [-0.25, -0.2) is 0 Å². The van der Waals surface area contributed by atoms with Crippen LogP contribution in [0.15, 0.2) is 42.7 Å². The Balaban J connectivity index is 2.37. The lowest BCUT2D eigenvalue weighted by molar-refractivity contribution is 0.832. The molecule has 0 fully saturated rings. The minimum Gasteiger partial charge on any atom is -0.261 e. The summed E-state index contributed by atoms with van der Waals surface area (Å²) in [4.78, 5) is 8.82. The molecule has 0 aliphatic carbocycles. The zero-order valence-corrected chi connectivity index (χ0v) is 9.72. The van der Waals surface area contributed by atoms with E-state index >= 15 is 0 Å². The minimum atomic E-state index is 0.310. The highest BCUT2D eigenvalue weighted by molar-refractivity contribution is 5.30. The number of aryl methyl sites for hydroxylation is 1. The van der Waals surface area contributed by atoms with Gasteiger partial charge >= 0.3 is 0 Å². The summed E-state index contributed by atoms with van der Waals surface area (Å²) in [5.74, 6) is 0.310. The second-order valence-corrected chi connectivity index (χ2v) is 3.87. The summed E-state index contributed by atoms with van der Waals surface area (Å²) < 4.78 is 0. The molecule has 16 heavy (non-hydrogen) atoms. The molecule has 0 aromatic carbocycles. The second-order valence-electron chi connectivity index (χ2n) is 3.87. The smallest absolute Gasteiger partial charge is 0.0476 e. The lowest BCUT2D eigenvalue weighted by Gasteiger charge is -2.14. The summed E-state index contributed by atoms with van der Waals surface area (Å²) in [6.07, 6.45) is 4.66. The average molecular weight is 212 g/mol. The van der Waals surface area contributed by atoms with Gasteiger partial charge in [0.2, 0.25) is 0 Å². The number of nitrogens with zero attached hydrogens (tertiary/aromatic N) is 2. The van der Waals surface area contributed by atoms with Crippen LogP contribution in [0.3, 0.4) is 0 Å². The van der Waals surface area contributed by atoms with Crippen LogP contribution in [0, 0.1) is 0 Å². The van der Waals surface area contributed by atoms with Gasteiger partial charge in [0, 0.05) is 29.7 Å². The van der Waals surface area contributed by atoms with Crippen molar-refractivity contribution in [1.82, 2.24) is 9.97 Å². The van der Waals surface area contributed by atoms with Crippen molar-refractivity contribution < 1.29 is 0 Å². The Morgan fingerprint density at radius 3 is 2.56 bits per heavy atom. The first-order chi connectivity index (χ1) is 7.83. The minimum absolute atomic E-state index is 0.310. The van der Waals surface area contributed by atoms with E-state index in [1.807, 2.05) is 30.6 Å². The van der Waals surface area contributed by atoms with Gasteiger partial charge in [-0.2, -0.15) is 0 Å². The monoisotopic (exact) mass is 212 g/mol. The van der Waals surface area contributed by atoms with Crippen molar-refractivity contribution in [3.05, 3.63) is 59.7 Å². The van der Waals surface area contributed by atoms with Gasteiger partial charge in [0.25, 0.3) is 0 Å². The maximum Gasteiger partial charge on any atom is 0.0476 e. The molecule has 2 rings (SSSR count). The zero-order chi connectivity index (χ0) is 11.4. The number of aromatic nitrogens is 2. The molecule has 1 unspecified atom stereocenters. The molecular formula is C14H16N2. The molecule has 0 saturated heterocycles. The van der Waals surface area contributed by atoms with Crippen molar-refractivity contribution in [2.45, 2.75) is 26.2 Å². The van der Waals surface area contributed by atoms with Crippen LogP contribution in [0.25, 0.3) is 0 Å². The first-order valence-corrected chi connectivity index (χ1v) is 5.67. The summed E-state index contributed by atoms with van der Waals surface area (Å²) in [7, 11) is 0. The number of rotatable bonds is 3. The standard InChI is InChI=1S/C14H16N2/c1-3-13-12(7-6-10-15-13)11(2)14-8-4-5-9-16-14/h4-11H,3H2,1-2H3. The molecule has 2 aromatic heterocycles. The molecule has 82 valence electrons. The van der Waals surface area contributed by atoms with Crippen LogP contribution in [0.5, 0.6) is 0 Å². The molecule has 0 amide bonds. The zero-order valence-electron chi connectivity index (χ0n) is 9.72. The highest BCUT2D eigenvalue weighted by Crippen LogP contribution is 2.24. The molecule has 0 aliphatic rings. The molecule has 2 heterocycles. The van der Waals surface area contributed by atoms with Crippen molar-refractivity contribution in [3.63, 3.8) is 0 Å². The molecule has 2 aromatic rings. The lowest BCUT2D eigenvalue weighted by Crippen LogP contribution is -2.03. The third kappa shape index (κ3) is 2.11. The SMILES string of the molecule is CCc1ncccc1C(C)c1ccccn1. The Labute approximate surface area is 96.4 Å². The fourth-order valence-corrected chi connectivity index (χ4v) is 1.93. The summed E-state index contributed by atoms with van der Waals surface area (Å²) in [5, 5.41) is 0. The van der Waals surface area contributed by atoms with E-state index in [9.17, 15) is 0 Å². The van der Waals surface area contributed by atoms with Crippen molar-refractivity contribution in [1.29, 1.82) is 0 Å². The Kier molecular flexibility index (Phi) is 3.30. The predicted octanol–water partition coefficient (Wildman–Crippen LogP) is 3.19. The third-order valence-electron chi connectivity index (χ3n) is 2.86. The van der Waals surface area contributed by atoms with Gasteiger partial charge in [-0.3, -0.25) is 9.97 Å². The fourth-order valence-electron chi connectivity index (χ4n) is 1.93. The van der Waals surface area contributed by atoms with Crippen LogP contribution in [0.4, 0.5) is 0 Å². The molecular weight excluding hydrogens is 196 g/mol. The highest BCUT2D eigenvalue weighted by Gasteiger charge is 2.12. The average Bonchev–Trinajstić information content (AvgIpc) is 2.39. The van der Waals surface area contributed by atoms with Crippen molar-refractivity contribution in [2.24, 2.45) is 0 Å². The first-order valence-electron chi connectivity index (χ1n) is 5.67. The van der Waals surface area contributed by atoms with Gasteiger partial charge in [0.05, 0.1) is 0 Å². The van der Waals surface area contributed by atoms with E-state index in [0.717, 1.165) is 12.1 Å². The van der Waals surface area contributed by atoms with E-state index in [4.69, 9.17) is 0 Å². The fraction of sp³-hybridized carbons (Fsp3) is 0.286. The van der Waals surface area contributed by atoms with Crippen molar-refractivity contribution in [3.8, 4) is 0 Å². The van der Waals surface area contributed by atoms with E-state index in [0.29, 0.717) is 5.92 Å². The number of pyridine rings is 2. The normalized spacial score (nSPS) is 12.4. The van der Waals surface area contributed by atoms with Crippen LogP contribution < -0.4 is 0 Å². The van der Waals surface area contributed by atoms with Gasteiger partial charge < -0.3 is 0 Å². The summed E-state index contributed by atoms with van der Waals surface area (Å²) in [6, 6.07) is 10.2. The second kappa shape index (κ2) is 4.88. The van der Waals surface area contributed by atoms with Gasteiger partial charge in [0.15, 0.2) is 0 Å². The molecule has 2 nitrogen and oxygen atoms in total. The van der Waals surface area contributed by atoms with E-state index in [-0.39, 0.29) is 0 Å². The number of hydrogen-bond acceptors (Lipinski definition) is 2. The summed E-state index contributed by atoms with van der Waals surface area (Å²) in [6.45, 7) is 4.31. The Bertz CT molecular complexity index is 451. The first kappa shape index (κ1) is 10.8. The van der Waals surface area contributed by atoms with E-state index in [1.54, 1.807) is 0 Å². The van der Waals surface area contributed by atoms with E-state index < -0.39 is 0 Å². The summed E-state index contributed by atoms with van der Waals surface area (Å²) in [5.41, 5.74) is 3.55. The predicted molar refractivity (Wildman–Crippen MR) is 65.4 cm³/mol. The maximum atomic E-state index is 4.42. The lowest BCUT2D eigenvalue weighted by atomic mass is 9.95. The Morgan fingerprint density at radius 2 is 1.88 bits per heavy atom. The molecule has 0 aliphatic heterocycles. The molecule has 0 spiro atoms. The van der Waals surface area contributed by atoms with Crippen LogP contribution in [0.1, 0.15) is 36.7 Å². The van der Waals surface area contributed by atoms with Gasteiger partial charge in [-0.1, -0.05) is 26.0 Å². The molecule has 0 bridgehead atoms. The maximum absolute atomic E-state index is 4.42. The summed E-state index contributed by atoms with van der Waals surface area (Å²) >= 11 is 0. The van der Waals surface area contributed by atoms with Crippen LogP contribution in [0.2, 0.25) is 0 Å². The van der Waals surface area contributed by atoms with Gasteiger partial charge in [0.1, 0.15) is 0 Å². The Hall–Kier alpha value is -1.70. The van der Waals surface area contributed by atoms with Gasteiger partial charge in [-0.15, -0.1) is 0 Å². The Morgan fingerprint density at radius 1 is 1.06 bits per heavy atom. The molecule has 0 saturated carbocycles. The third-order valence-corrected chi connectivity index (χ3v) is 2.86. The van der Waals surface area contributed by atoms with Crippen molar-refractivity contribution in [2.75, 3.05) is 0 Å². The van der Waals surface area contributed by atoms with E-state index in [1.165, 1.54) is 11.3 Å². The van der Waals surface area contributed by atoms with Crippen LogP contribution in [-0.2, 0) is 6.42 Å². The van der Waals surface area contributed by atoms with Crippen LogP contribution in [-0.4, -0.2) is 9.97 Å². The quantitative estimate of drug-likeness (QED) is 0.780. The molecule has 0 N–H and O–H groups in total. The van der Waals surface area contributed by atoms with Crippen molar-refractivity contribution >= 4 is 0 Å². The van der Waals surface area contributed by atoms with Gasteiger partial charge in [-0.05, 0) is 30.2 Å². The topological polar surface area (TPSA) is 25.8 Å². The van der Waals surface area contributed by atoms with E-state index in [2.05, 4.69) is 35.9 Å².